The second-order valence-electron chi connectivity index (χ2n) is 18.8. The van der Waals surface area contributed by atoms with Gasteiger partial charge in [0.15, 0.2) is 5.75 Å². The van der Waals surface area contributed by atoms with E-state index >= 15 is 0 Å². The number of rotatable bonds is 10. The summed E-state index contributed by atoms with van der Waals surface area (Å²) in [6, 6.07) is 71.1. The predicted octanol–water partition coefficient (Wildman–Crippen LogP) is 12.2. The maximum absolute atomic E-state index is 11.8. The molecule has 14 nitrogen and oxygen atoms in total. The Hall–Kier alpha value is -10.7. The summed E-state index contributed by atoms with van der Waals surface area (Å²) in [5.41, 5.74) is 22.2. The number of aromatic nitrogens is 5. The van der Waals surface area contributed by atoms with Crippen LogP contribution in [0, 0.1) is 0 Å². The van der Waals surface area contributed by atoms with Crippen LogP contribution in [0.25, 0.3) is 61.5 Å². The number of nitrogens with zero attached hydrogens (tertiary/aromatic N) is 5. The van der Waals surface area contributed by atoms with Gasteiger partial charge in [-0.1, -0.05) is 140 Å². The molecule has 1 amide bonds. The molecule has 0 bridgehead atoms. The van der Waals surface area contributed by atoms with Gasteiger partial charge in [-0.15, -0.1) is 0 Å². The van der Waals surface area contributed by atoms with Gasteiger partial charge in [-0.3, -0.25) is 9.59 Å². The fourth-order valence-electron chi connectivity index (χ4n) is 10.1. The minimum absolute atomic E-state index is 0.280. The fraction of sp³-hybridized carbons (Fsp3) is 0.0606. The van der Waals surface area contributed by atoms with Crippen LogP contribution in [-0.2, 0) is 19.5 Å². The standard InChI is InChI=1S/C21H18N2O4.C15H12N2O.C15H14N2.C15H11NO2/c24-19-13-22(12-17(20(19)25)21(26)27)11-16-10-14-6-4-5-9-18(14)23(16)15-7-2-1-3-8-15;16-15(18)14-10-11-6-4-5-9-13(11)17(14)12-7-2-1-3-8-12;16-11-14-10-12-6-4-5-9-15(12)17(14)13-7-2-1-3-8-13;17-15(18)14-10-11-6-4-5-9-13(11)16(14)12-7-2-1-3-8-12/h1-4,6-8,10,12-13,24H,5,9,11H2,(H,26,27);1-10H,(H2,16,18);1-10H,11,16H2;1-10H,(H,17,18). The molecule has 0 fully saturated rings. The van der Waals surface area contributed by atoms with Crippen LogP contribution in [0.1, 0.15) is 60.4 Å². The Morgan fingerprint density at radius 3 is 1.41 bits per heavy atom. The molecule has 0 saturated carbocycles. The van der Waals surface area contributed by atoms with Gasteiger partial charge in [-0.05, 0) is 109 Å². The summed E-state index contributed by atoms with van der Waals surface area (Å²) in [6.45, 7) is 0.868. The maximum Gasteiger partial charge on any atom is 0.352 e. The van der Waals surface area contributed by atoms with Crippen LogP contribution in [0.5, 0.6) is 5.75 Å². The van der Waals surface area contributed by atoms with E-state index in [9.17, 15) is 34.5 Å². The molecular weight excluding hydrogens is 1000 g/mol. The molecule has 1 aliphatic rings. The lowest BCUT2D eigenvalue weighted by molar-refractivity contribution is 0.0680. The fourth-order valence-corrected chi connectivity index (χ4v) is 10.1. The van der Waals surface area contributed by atoms with Crippen molar-refractivity contribution >= 4 is 56.6 Å². The van der Waals surface area contributed by atoms with Crippen LogP contribution >= 0.6 is 0 Å². The number of nitrogens with two attached hydrogens (primary N) is 2. The third kappa shape index (κ3) is 11.1. The molecule has 7 aromatic carbocycles. The van der Waals surface area contributed by atoms with E-state index in [0.29, 0.717) is 18.8 Å². The average Bonchev–Trinajstić information content (AvgIpc) is 4.35. The number of pyridine rings is 1. The van der Waals surface area contributed by atoms with Crippen molar-refractivity contribution in [2.24, 2.45) is 11.5 Å². The smallest absolute Gasteiger partial charge is 0.352 e. The lowest BCUT2D eigenvalue weighted by Crippen LogP contribution is -2.18. The zero-order valence-corrected chi connectivity index (χ0v) is 43.3. The topological polar surface area (TPSA) is 206 Å². The predicted molar refractivity (Wildman–Crippen MR) is 315 cm³/mol. The Kier molecular flexibility index (Phi) is 15.6. The number of primary amides is 1. The highest BCUT2D eigenvalue weighted by Crippen LogP contribution is 2.30. The van der Waals surface area contributed by atoms with E-state index in [4.69, 9.17) is 11.5 Å². The number of fused-ring (bicyclic) bond motifs is 4. The van der Waals surface area contributed by atoms with E-state index < -0.39 is 34.6 Å². The number of carbonyl (C=O) groups is 3. The van der Waals surface area contributed by atoms with Crippen LogP contribution in [-0.4, -0.2) is 56.0 Å². The van der Waals surface area contributed by atoms with Crippen LogP contribution in [0.2, 0.25) is 0 Å². The molecule has 396 valence electrons. The number of amides is 1. The number of benzene rings is 7. The Bertz CT molecular complexity index is 4140. The summed E-state index contributed by atoms with van der Waals surface area (Å²) in [5, 5.41) is 31.5. The SMILES string of the molecule is NC(=O)c1cc2ccccc2n1-c1ccccc1.NCc1cc2ccccc2n1-c1ccccc1.O=C(O)c1cc2ccccc2n1-c1ccccc1.O=C(O)c1cn(Cc2cc3c(n2-c2ccccc2)CCC=C3)cc(O)c1=O. The van der Waals surface area contributed by atoms with E-state index in [0.717, 1.165) is 74.3 Å². The summed E-state index contributed by atoms with van der Waals surface area (Å²) >= 11 is 0. The molecule has 1 aliphatic carbocycles. The minimum atomic E-state index is -1.36. The third-order valence-electron chi connectivity index (χ3n) is 13.6. The van der Waals surface area contributed by atoms with E-state index in [2.05, 4.69) is 69.8 Å². The first-order valence-electron chi connectivity index (χ1n) is 25.8. The Morgan fingerprint density at radius 1 is 0.487 bits per heavy atom. The molecule has 5 heterocycles. The molecule has 0 unspecified atom stereocenters. The number of hydrogen-bond donors (Lipinski definition) is 5. The number of aromatic hydroxyl groups is 1. The van der Waals surface area contributed by atoms with Crippen LogP contribution in [0.15, 0.2) is 242 Å². The van der Waals surface area contributed by atoms with Crippen molar-refractivity contribution < 1.29 is 29.7 Å². The first-order chi connectivity index (χ1) is 39.0. The van der Waals surface area contributed by atoms with E-state index in [1.165, 1.54) is 33.6 Å². The van der Waals surface area contributed by atoms with Crippen molar-refractivity contribution in [3.8, 4) is 28.5 Å². The molecule has 0 atom stereocenters. The quantitative estimate of drug-likeness (QED) is 0.0889. The first-order valence-corrected chi connectivity index (χ1v) is 25.8. The van der Waals surface area contributed by atoms with Gasteiger partial charge in [0.1, 0.15) is 17.0 Å². The second kappa shape index (κ2) is 23.7. The van der Waals surface area contributed by atoms with Crippen LogP contribution < -0.4 is 16.9 Å². The van der Waals surface area contributed by atoms with Crippen molar-refractivity contribution in [2.75, 3.05) is 0 Å². The molecule has 0 radical (unpaired) electrons. The van der Waals surface area contributed by atoms with Gasteiger partial charge in [0.25, 0.3) is 5.91 Å². The summed E-state index contributed by atoms with van der Waals surface area (Å²) < 4.78 is 9.56. The Labute approximate surface area is 459 Å². The molecule has 7 N–H and O–H groups in total. The van der Waals surface area contributed by atoms with Crippen LogP contribution in [0.4, 0.5) is 0 Å². The number of carboxylic acids is 2. The largest absolute Gasteiger partial charge is 0.503 e. The zero-order chi connectivity index (χ0) is 55.7. The minimum Gasteiger partial charge on any atom is -0.503 e. The lowest BCUT2D eigenvalue weighted by Gasteiger charge is -2.16. The second-order valence-corrected chi connectivity index (χ2v) is 18.8. The molecule has 0 aliphatic heterocycles. The Morgan fingerprint density at radius 2 is 0.925 bits per heavy atom. The summed E-state index contributed by atoms with van der Waals surface area (Å²) in [5.74, 6) is -3.27. The normalized spacial score (nSPS) is 11.4. The van der Waals surface area contributed by atoms with E-state index in [1.54, 1.807) is 10.6 Å². The lowest BCUT2D eigenvalue weighted by atomic mass is 10.1. The molecule has 14 heteroatoms. The van der Waals surface area contributed by atoms with Crippen molar-refractivity contribution in [1.29, 1.82) is 0 Å². The van der Waals surface area contributed by atoms with Gasteiger partial charge in [0, 0.05) is 68.7 Å². The molecule has 12 aromatic rings. The first kappa shape index (κ1) is 52.7. The molecule has 0 saturated heterocycles. The maximum atomic E-state index is 11.8. The third-order valence-corrected chi connectivity index (χ3v) is 13.6. The van der Waals surface area contributed by atoms with Gasteiger partial charge in [-0.25, -0.2) is 9.59 Å². The average molecular weight is 1060 g/mol. The molecule has 80 heavy (non-hydrogen) atoms. The van der Waals surface area contributed by atoms with Gasteiger partial charge < -0.3 is 49.6 Å². The monoisotopic (exact) mass is 1060 g/mol. The number of aromatic carboxylic acids is 2. The van der Waals surface area contributed by atoms with Gasteiger partial charge >= 0.3 is 11.9 Å². The van der Waals surface area contributed by atoms with Gasteiger partial charge in [-0.2, -0.15) is 0 Å². The van der Waals surface area contributed by atoms with E-state index in [-0.39, 0.29) is 5.69 Å². The number of para-hydroxylation sites is 7. The van der Waals surface area contributed by atoms with Crippen molar-refractivity contribution in [3.63, 3.8) is 0 Å². The number of allylic oxidation sites excluding steroid dienone is 1. The van der Waals surface area contributed by atoms with Crippen molar-refractivity contribution in [3.05, 3.63) is 287 Å². The summed E-state index contributed by atoms with van der Waals surface area (Å²) in [6.07, 6.45) is 8.64. The van der Waals surface area contributed by atoms with Crippen molar-refractivity contribution in [1.82, 2.24) is 22.8 Å². The Balaban J connectivity index is 0.000000122. The van der Waals surface area contributed by atoms with E-state index in [1.807, 2.05) is 168 Å². The van der Waals surface area contributed by atoms with Crippen LogP contribution in [0.3, 0.4) is 0 Å². The highest BCUT2D eigenvalue weighted by Gasteiger charge is 2.20. The highest BCUT2D eigenvalue weighted by molar-refractivity contribution is 5.99. The van der Waals surface area contributed by atoms with Crippen molar-refractivity contribution in [2.45, 2.75) is 25.9 Å². The molecule has 0 spiro atoms. The number of carboxylic acid groups (broad SMARTS) is 2. The summed E-state index contributed by atoms with van der Waals surface area (Å²) in [4.78, 5) is 46.0. The zero-order valence-electron chi connectivity index (χ0n) is 43.3. The summed E-state index contributed by atoms with van der Waals surface area (Å²) in [7, 11) is 0. The van der Waals surface area contributed by atoms with Gasteiger partial charge in [0.2, 0.25) is 5.43 Å². The van der Waals surface area contributed by atoms with Gasteiger partial charge in [0.05, 0.1) is 29.3 Å². The number of carbonyl (C=O) groups excluding carboxylic acids is 1. The molecule has 5 aromatic heterocycles. The number of hydrogen-bond acceptors (Lipinski definition) is 6. The highest BCUT2D eigenvalue weighted by atomic mass is 16.4. The molecule has 13 rings (SSSR count). The molecular formula is C66H55N7O7.